The van der Waals surface area contributed by atoms with Crippen molar-refractivity contribution in [3.63, 3.8) is 0 Å². The van der Waals surface area contributed by atoms with E-state index < -0.39 is 17.7 Å². The van der Waals surface area contributed by atoms with E-state index in [-0.39, 0.29) is 5.41 Å². The van der Waals surface area contributed by atoms with Crippen LogP contribution in [0.15, 0.2) is 36.7 Å². The molecule has 0 aliphatic heterocycles. The highest BCUT2D eigenvalue weighted by molar-refractivity contribution is 5.56. The number of rotatable bonds is 5. The highest BCUT2D eigenvalue weighted by atomic mass is 19.1. The Balaban J connectivity index is 1.72. The molecule has 142 valence electrons. The van der Waals surface area contributed by atoms with Gasteiger partial charge >= 0.3 is 0 Å². The van der Waals surface area contributed by atoms with Gasteiger partial charge in [-0.1, -0.05) is 26.8 Å². The Kier molecular flexibility index (Phi) is 5.07. The predicted octanol–water partition coefficient (Wildman–Crippen LogP) is 4.69. The maximum absolute atomic E-state index is 13.9. The standard InChI is InChI=1S/C19H22F2N6/c1-11(13-6-5-12(20)7-14(13)21)24-16-9-17(23-10-22-16)25-18-8-15(26-27-18)19(2,3)4/h5-11H,1-4H3,(H3,22,23,24,25,26,27). The smallest absolute Gasteiger partial charge is 0.153 e. The molecule has 1 unspecified atom stereocenters. The molecule has 0 bridgehead atoms. The van der Waals surface area contributed by atoms with Crippen LogP contribution in [0.25, 0.3) is 0 Å². The lowest BCUT2D eigenvalue weighted by Crippen LogP contribution is -2.11. The molecule has 6 nitrogen and oxygen atoms in total. The molecule has 0 spiro atoms. The number of halogens is 2. The van der Waals surface area contributed by atoms with E-state index in [1.54, 1.807) is 13.0 Å². The van der Waals surface area contributed by atoms with Crippen molar-refractivity contribution < 1.29 is 8.78 Å². The quantitative estimate of drug-likeness (QED) is 0.605. The third kappa shape index (κ3) is 4.58. The lowest BCUT2D eigenvalue weighted by atomic mass is 9.92. The maximum atomic E-state index is 13.9. The molecule has 2 aromatic heterocycles. The number of anilines is 3. The molecule has 0 fully saturated rings. The molecular formula is C19H22F2N6. The van der Waals surface area contributed by atoms with Crippen molar-refractivity contribution in [2.24, 2.45) is 0 Å². The Bertz CT molecular complexity index is 932. The summed E-state index contributed by atoms with van der Waals surface area (Å²) in [5, 5.41) is 13.4. The number of aromatic nitrogens is 4. The largest absolute Gasteiger partial charge is 0.363 e. The van der Waals surface area contributed by atoms with Gasteiger partial charge in [0.15, 0.2) is 5.82 Å². The first kappa shape index (κ1) is 18.8. The molecular weight excluding hydrogens is 350 g/mol. The van der Waals surface area contributed by atoms with E-state index >= 15 is 0 Å². The fraction of sp³-hybridized carbons (Fsp3) is 0.316. The number of aromatic amines is 1. The third-order valence-corrected chi connectivity index (χ3v) is 4.10. The van der Waals surface area contributed by atoms with Crippen LogP contribution in [-0.2, 0) is 5.41 Å². The van der Waals surface area contributed by atoms with Gasteiger partial charge in [0, 0.05) is 34.9 Å². The van der Waals surface area contributed by atoms with Crippen molar-refractivity contribution in [2.45, 2.75) is 39.2 Å². The van der Waals surface area contributed by atoms with Gasteiger partial charge in [-0.05, 0) is 13.0 Å². The first-order valence-corrected chi connectivity index (χ1v) is 8.59. The molecule has 3 N–H and O–H groups in total. The zero-order valence-corrected chi connectivity index (χ0v) is 15.6. The summed E-state index contributed by atoms with van der Waals surface area (Å²) in [6, 6.07) is 6.74. The Hall–Kier alpha value is -3.03. The second kappa shape index (κ2) is 7.30. The van der Waals surface area contributed by atoms with Crippen LogP contribution in [0.1, 0.15) is 45.0 Å². The van der Waals surface area contributed by atoms with E-state index in [4.69, 9.17) is 0 Å². The van der Waals surface area contributed by atoms with E-state index in [1.165, 1.54) is 18.5 Å². The summed E-state index contributed by atoms with van der Waals surface area (Å²) < 4.78 is 27.0. The van der Waals surface area contributed by atoms with E-state index in [9.17, 15) is 8.78 Å². The minimum Gasteiger partial charge on any atom is -0.363 e. The minimum absolute atomic E-state index is 0.0417. The van der Waals surface area contributed by atoms with Crippen LogP contribution in [0.5, 0.6) is 0 Å². The molecule has 1 aromatic carbocycles. The van der Waals surface area contributed by atoms with Crippen LogP contribution in [0.2, 0.25) is 0 Å². The van der Waals surface area contributed by atoms with Crippen LogP contribution in [0.4, 0.5) is 26.2 Å². The zero-order valence-electron chi connectivity index (χ0n) is 15.6. The van der Waals surface area contributed by atoms with Crippen molar-refractivity contribution in [1.29, 1.82) is 0 Å². The van der Waals surface area contributed by atoms with Gasteiger partial charge in [-0.25, -0.2) is 18.7 Å². The first-order valence-electron chi connectivity index (χ1n) is 8.59. The summed E-state index contributed by atoms with van der Waals surface area (Å²) in [5.41, 5.74) is 1.31. The normalized spacial score (nSPS) is 12.7. The molecule has 0 saturated heterocycles. The number of benzene rings is 1. The Labute approximate surface area is 156 Å². The molecule has 27 heavy (non-hydrogen) atoms. The van der Waals surface area contributed by atoms with Gasteiger partial charge in [0.05, 0.1) is 6.04 Å². The number of hydrogen-bond donors (Lipinski definition) is 3. The van der Waals surface area contributed by atoms with Gasteiger partial charge in [-0.2, -0.15) is 5.10 Å². The molecule has 2 heterocycles. The Morgan fingerprint density at radius 2 is 1.74 bits per heavy atom. The average molecular weight is 372 g/mol. The molecule has 0 aliphatic rings. The SMILES string of the molecule is CC(Nc1cc(Nc2cc(C(C)(C)C)[nH]n2)ncn1)c1ccc(F)cc1F. The Morgan fingerprint density at radius 1 is 1.00 bits per heavy atom. The van der Waals surface area contributed by atoms with Crippen LogP contribution >= 0.6 is 0 Å². The summed E-state index contributed by atoms with van der Waals surface area (Å²) in [6.45, 7) is 8.04. The van der Waals surface area contributed by atoms with E-state index in [0.29, 0.717) is 23.0 Å². The van der Waals surface area contributed by atoms with Crippen LogP contribution in [-0.4, -0.2) is 20.2 Å². The molecule has 0 amide bonds. The Morgan fingerprint density at radius 3 is 2.41 bits per heavy atom. The number of nitrogens with one attached hydrogen (secondary N) is 3. The van der Waals surface area contributed by atoms with Gasteiger partial charge < -0.3 is 10.6 Å². The molecule has 8 heteroatoms. The highest BCUT2D eigenvalue weighted by Crippen LogP contribution is 2.25. The third-order valence-electron chi connectivity index (χ3n) is 4.10. The van der Waals surface area contributed by atoms with Crippen molar-refractivity contribution in [3.05, 3.63) is 59.6 Å². The fourth-order valence-electron chi connectivity index (χ4n) is 2.56. The van der Waals surface area contributed by atoms with Crippen molar-refractivity contribution in [1.82, 2.24) is 20.2 Å². The van der Waals surface area contributed by atoms with E-state index in [0.717, 1.165) is 11.8 Å². The van der Waals surface area contributed by atoms with Crippen molar-refractivity contribution in [2.75, 3.05) is 10.6 Å². The minimum atomic E-state index is -0.606. The van der Waals surface area contributed by atoms with Gasteiger partial charge in [-0.15, -0.1) is 0 Å². The van der Waals surface area contributed by atoms with Crippen molar-refractivity contribution >= 4 is 17.5 Å². The van der Waals surface area contributed by atoms with Gasteiger partial charge in [0.25, 0.3) is 0 Å². The van der Waals surface area contributed by atoms with Gasteiger partial charge in [-0.3, -0.25) is 5.10 Å². The lowest BCUT2D eigenvalue weighted by Gasteiger charge is -2.16. The number of hydrogen-bond acceptors (Lipinski definition) is 5. The van der Waals surface area contributed by atoms with Crippen LogP contribution < -0.4 is 10.6 Å². The van der Waals surface area contributed by atoms with Crippen LogP contribution in [0.3, 0.4) is 0 Å². The van der Waals surface area contributed by atoms with Gasteiger partial charge in [0.1, 0.15) is 29.6 Å². The number of nitrogens with zero attached hydrogens (tertiary/aromatic N) is 3. The van der Waals surface area contributed by atoms with Gasteiger partial charge in [0.2, 0.25) is 0 Å². The second-order valence-corrected chi connectivity index (χ2v) is 7.36. The lowest BCUT2D eigenvalue weighted by molar-refractivity contribution is 0.566. The molecule has 0 aliphatic carbocycles. The second-order valence-electron chi connectivity index (χ2n) is 7.36. The van der Waals surface area contributed by atoms with Crippen LogP contribution in [0, 0.1) is 11.6 Å². The summed E-state index contributed by atoms with van der Waals surface area (Å²) in [7, 11) is 0. The maximum Gasteiger partial charge on any atom is 0.153 e. The first-order chi connectivity index (χ1) is 12.7. The van der Waals surface area contributed by atoms with E-state index in [2.05, 4.69) is 51.6 Å². The number of H-pyrrole nitrogens is 1. The molecule has 3 aromatic rings. The monoisotopic (exact) mass is 372 g/mol. The summed E-state index contributed by atoms with van der Waals surface area (Å²) in [6.07, 6.45) is 1.40. The molecule has 0 saturated carbocycles. The predicted molar refractivity (Wildman–Crippen MR) is 101 cm³/mol. The molecule has 3 rings (SSSR count). The average Bonchev–Trinajstić information content (AvgIpc) is 3.04. The zero-order chi connectivity index (χ0) is 19.6. The topological polar surface area (TPSA) is 78.5 Å². The fourth-order valence-corrected chi connectivity index (χ4v) is 2.56. The highest BCUT2D eigenvalue weighted by Gasteiger charge is 2.17. The van der Waals surface area contributed by atoms with E-state index in [1.807, 2.05) is 6.07 Å². The molecule has 1 atom stereocenters. The molecule has 0 radical (unpaired) electrons. The summed E-state index contributed by atoms with van der Waals surface area (Å²) in [4.78, 5) is 8.33. The summed E-state index contributed by atoms with van der Waals surface area (Å²) in [5.74, 6) is 0.489. The summed E-state index contributed by atoms with van der Waals surface area (Å²) >= 11 is 0. The van der Waals surface area contributed by atoms with Crippen molar-refractivity contribution in [3.8, 4) is 0 Å².